The number of carbonyl (C=O) groups excluding carboxylic acids is 3. The van der Waals surface area contributed by atoms with Gasteiger partial charge in [-0.3, -0.25) is 14.4 Å². The summed E-state index contributed by atoms with van der Waals surface area (Å²) in [4.78, 5) is 36.0. The lowest BCUT2D eigenvalue weighted by atomic mass is 10.1. The van der Waals surface area contributed by atoms with Crippen LogP contribution < -0.4 is 16.0 Å². The molecule has 0 aromatic heterocycles. The van der Waals surface area contributed by atoms with Crippen LogP contribution in [-0.2, 0) is 0 Å². The number of phenols is 3. The predicted molar refractivity (Wildman–Crippen MR) is 291 cm³/mol. The average Bonchev–Trinajstić information content (AvgIpc) is 3.42. The van der Waals surface area contributed by atoms with E-state index in [0.29, 0.717) is 33.8 Å². The molecule has 0 radical (unpaired) electrons. The van der Waals surface area contributed by atoms with Gasteiger partial charge in [-0.15, -0.1) is 0 Å². The van der Waals surface area contributed by atoms with Crippen LogP contribution >= 0.6 is 0 Å². The zero-order valence-electron chi connectivity index (χ0n) is 42.0. The molecule has 0 atom stereocenters. The Balaban J connectivity index is 0.000000894. The summed E-state index contributed by atoms with van der Waals surface area (Å²) in [6, 6.07) is 55.6. The van der Waals surface area contributed by atoms with Crippen molar-refractivity contribution in [3.63, 3.8) is 0 Å². The molecule has 0 unspecified atom stereocenters. The van der Waals surface area contributed by atoms with Gasteiger partial charge in [0, 0.05) is 16.7 Å². The van der Waals surface area contributed by atoms with Crippen LogP contribution in [-0.4, -0.2) is 33.0 Å². The first-order valence-electron chi connectivity index (χ1n) is 23.6. The van der Waals surface area contributed by atoms with E-state index in [9.17, 15) is 29.7 Å². The van der Waals surface area contributed by atoms with Gasteiger partial charge in [0.15, 0.2) is 0 Å². The monoisotopic (exact) mass is 920 g/mol. The molecular formula is C59H73N3O6. The fourth-order valence-electron chi connectivity index (χ4n) is 5.58. The van der Waals surface area contributed by atoms with Crippen molar-refractivity contribution in [2.24, 2.45) is 0 Å². The molecule has 6 N–H and O–H groups in total. The second-order valence-electron chi connectivity index (χ2n) is 12.4. The molecule has 360 valence electrons. The number of hydrogen-bond acceptors (Lipinski definition) is 6. The molecule has 0 aliphatic carbocycles. The third kappa shape index (κ3) is 20.1. The molecule has 0 aliphatic heterocycles. The van der Waals surface area contributed by atoms with Crippen LogP contribution in [0.25, 0.3) is 21.5 Å². The highest BCUT2D eigenvalue weighted by molar-refractivity contribution is 6.08. The van der Waals surface area contributed by atoms with E-state index < -0.39 is 0 Å². The maximum Gasteiger partial charge on any atom is 0.255 e. The number of rotatable bonds is 6. The molecule has 9 heteroatoms. The van der Waals surface area contributed by atoms with Crippen molar-refractivity contribution in [2.45, 2.75) is 83.1 Å². The van der Waals surface area contributed by atoms with Crippen molar-refractivity contribution < 1.29 is 29.7 Å². The summed E-state index contributed by atoms with van der Waals surface area (Å²) in [5.74, 6) is -0.531. The number of phenolic OH excluding ortho intramolecular Hbond substituents is 3. The lowest BCUT2D eigenvalue weighted by Gasteiger charge is -2.09. The van der Waals surface area contributed by atoms with Crippen LogP contribution in [0.4, 0.5) is 17.1 Å². The Bertz CT molecular complexity index is 2620. The summed E-state index contributed by atoms with van der Waals surface area (Å²) in [5, 5.41) is 41.2. The van der Waals surface area contributed by atoms with E-state index in [-0.39, 0.29) is 35.0 Å². The molecule has 0 saturated heterocycles. The fourth-order valence-corrected chi connectivity index (χ4v) is 5.58. The zero-order chi connectivity index (χ0) is 51.3. The Morgan fingerprint density at radius 2 is 0.588 bits per heavy atom. The maximum absolute atomic E-state index is 12.2. The molecule has 0 saturated carbocycles. The minimum atomic E-state index is -0.240. The van der Waals surface area contributed by atoms with E-state index in [4.69, 9.17) is 0 Å². The number of anilines is 3. The van der Waals surface area contributed by atoms with Crippen LogP contribution in [0.1, 0.15) is 114 Å². The van der Waals surface area contributed by atoms with Gasteiger partial charge in [-0.05, 0) is 94.3 Å². The molecule has 8 aromatic rings. The van der Waals surface area contributed by atoms with Gasteiger partial charge in [0.05, 0.1) is 17.1 Å². The topological polar surface area (TPSA) is 148 Å². The average molecular weight is 920 g/mol. The summed E-state index contributed by atoms with van der Waals surface area (Å²) in [6.45, 7) is 24.0. The molecule has 0 aliphatic rings. The molecular weight excluding hydrogens is 847 g/mol. The van der Waals surface area contributed by atoms with E-state index >= 15 is 0 Å². The number of hydrogen-bond donors (Lipinski definition) is 6. The van der Waals surface area contributed by atoms with E-state index in [2.05, 4.69) is 16.0 Å². The van der Waals surface area contributed by atoms with Crippen LogP contribution in [0.15, 0.2) is 188 Å². The standard InChI is InChI=1S/2C17H13NO2.C13H11NO2.6C2H6/c19-16-8-4-3-7-15(16)18-17(20)14-10-9-12-5-1-2-6-13(12)11-14;19-16-11-14-9-5-4-8-13(14)10-15(16)18-17(20)12-6-2-1-3-7-12;15-12-9-5-4-8-11(12)14-13(16)10-6-2-1-3-7-10;6*1-2/h2*1-11,19H,(H,18,20);1-9,15H,(H,14,16);6*1-2H3. The minimum Gasteiger partial charge on any atom is -0.506 e. The van der Waals surface area contributed by atoms with Crippen LogP contribution in [0.3, 0.4) is 0 Å². The van der Waals surface area contributed by atoms with Gasteiger partial charge >= 0.3 is 0 Å². The van der Waals surface area contributed by atoms with E-state index in [0.717, 1.165) is 21.5 Å². The Kier molecular flexibility index (Phi) is 32.1. The first kappa shape index (κ1) is 60.1. The van der Waals surface area contributed by atoms with Crippen molar-refractivity contribution in [2.75, 3.05) is 16.0 Å². The van der Waals surface area contributed by atoms with Crippen molar-refractivity contribution >= 4 is 56.3 Å². The predicted octanol–water partition coefficient (Wildman–Crippen LogP) is 16.4. The number of carbonyl (C=O) groups is 3. The molecule has 9 nitrogen and oxygen atoms in total. The van der Waals surface area contributed by atoms with E-state index in [1.807, 2.05) is 156 Å². The van der Waals surface area contributed by atoms with Gasteiger partial charge < -0.3 is 31.3 Å². The van der Waals surface area contributed by atoms with Gasteiger partial charge in [0.2, 0.25) is 0 Å². The van der Waals surface area contributed by atoms with E-state index in [1.54, 1.807) is 103 Å². The number of nitrogens with one attached hydrogen (secondary N) is 3. The van der Waals surface area contributed by atoms with Gasteiger partial charge in [0.1, 0.15) is 17.2 Å². The Hall–Kier alpha value is -7.91. The Morgan fingerprint density at radius 3 is 1.00 bits per heavy atom. The molecule has 0 fully saturated rings. The van der Waals surface area contributed by atoms with Crippen LogP contribution in [0, 0.1) is 0 Å². The zero-order valence-corrected chi connectivity index (χ0v) is 42.0. The number of benzene rings is 8. The van der Waals surface area contributed by atoms with Crippen molar-refractivity contribution in [1.82, 2.24) is 0 Å². The number of aromatic hydroxyl groups is 3. The van der Waals surface area contributed by atoms with Crippen molar-refractivity contribution in [3.8, 4) is 17.2 Å². The molecule has 3 amide bonds. The Morgan fingerprint density at radius 1 is 0.279 bits per heavy atom. The quantitative estimate of drug-likeness (QED) is 0.0915. The highest BCUT2D eigenvalue weighted by atomic mass is 16.3. The first-order valence-corrected chi connectivity index (χ1v) is 23.6. The molecule has 8 aromatic carbocycles. The highest BCUT2D eigenvalue weighted by Crippen LogP contribution is 2.30. The smallest absolute Gasteiger partial charge is 0.255 e. The molecule has 0 bridgehead atoms. The van der Waals surface area contributed by atoms with Crippen molar-refractivity contribution in [3.05, 3.63) is 205 Å². The third-order valence-electron chi connectivity index (χ3n) is 8.50. The van der Waals surface area contributed by atoms with Crippen LogP contribution in [0.2, 0.25) is 0 Å². The maximum atomic E-state index is 12.2. The summed E-state index contributed by atoms with van der Waals surface area (Å²) >= 11 is 0. The van der Waals surface area contributed by atoms with Gasteiger partial charge in [-0.1, -0.05) is 198 Å². The Labute approximate surface area is 405 Å². The largest absolute Gasteiger partial charge is 0.506 e. The summed E-state index contributed by atoms with van der Waals surface area (Å²) in [5.41, 5.74) is 2.91. The SMILES string of the molecule is CC.CC.CC.CC.CC.CC.O=C(Nc1cc2ccccc2cc1O)c1ccccc1.O=C(Nc1ccccc1O)c1ccc2ccccc2c1.O=C(Nc1ccccc1O)c1ccccc1. The normalized spacial score (nSPS) is 8.94. The lowest BCUT2D eigenvalue weighted by molar-refractivity contribution is 0.101. The molecule has 68 heavy (non-hydrogen) atoms. The summed E-state index contributed by atoms with van der Waals surface area (Å²) in [7, 11) is 0. The van der Waals surface area contributed by atoms with Crippen molar-refractivity contribution in [1.29, 1.82) is 0 Å². The third-order valence-corrected chi connectivity index (χ3v) is 8.50. The highest BCUT2D eigenvalue weighted by Gasteiger charge is 2.11. The van der Waals surface area contributed by atoms with Crippen LogP contribution in [0.5, 0.6) is 17.2 Å². The van der Waals surface area contributed by atoms with E-state index in [1.165, 1.54) is 12.1 Å². The summed E-state index contributed by atoms with van der Waals surface area (Å²) in [6.07, 6.45) is 0. The fraction of sp³-hybridized carbons (Fsp3) is 0.203. The van der Waals surface area contributed by atoms with Gasteiger partial charge in [-0.25, -0.2) is 0 Å². The molecule has 0 spiro atoms. The lowest BCUT2D eigenvalue weighted by Crippen LogP contribution is -2.11. The van der Waals surface area contributed by atoms with Gasteiger partial charge in [-0.2, -0.15) is 0 Å². The van der Waals surface area contributed by atoms with Gasteiger partial charge in [0.25, 0.3) is 17.7 Å². The second kappa shape index (κ2) is 36.3. The number of fused-ring (bicyclic) bond motifs is 2. The minimum absolute atomic E-state index is 0.0571. The molecule has 0 heterocycles. The molecule has 8 rings (SSSR count). The second-order valence-corrected chi connectivity index (χ2v) is 12.4. The number of amides is 3. The first-order chi connectivity index (χ1) is 33.2. The number of para-hydroxylation sites is 4. The summed E-state index contributed by atoms with van der Waals surface area (Å²) < 4.78 is 0.